The first kappa shape index (κ1) is 14.2. The van der Waals surface area contributed by atoms with Crippen LogP contribution in [0.25, 0.3) is 11.2 Å². The molecule has 0 aliphatic carbocycles. The van der Waals surface area contributed by atoms with E-state index in [1.807, 2.05) is 0 Å². The number of nitrogens with one attached hydrogen (secondary N) is 1. The van der Waals surface area contributed by atoms with E-state index >= 15 is 0 Å². The van der Waals surface area contributed by atoms with E-state index in [-0.39, 0.29) is 24.0 Å². The van der Waals surface area contributed by atoms with Crippen molar-refractivity contribution in [3.63, 3.8) is 0 Å². The number of hydrogen-bond acceptors (Lipinski definition) is 6. The molecular weight excluding hydrogens is 301 g/mol. The van der Waals surface area contributed by atoms with Gasteiger partial charge in [-0.15, -0.1) is 0 Å². The number of rotatable bonds is 3. The van der Waals surface area contributed by atoms with E-state index in [9.17, 15) is 9.36 Å². The molecule has 0 radical (unpaired) electrons. The molecule has 1 fully saturated rings. The van der Waals surface area contributed by atoms with Gasteiger partial charge in [-0.2, -0.15) is 4.98 Å². The topological polar surface area (TPSA) is 156 Å². The summed E-state index contributed by atoms with van der Waals surface area (Å²) in [5, 5.41) is 0. The third-order valence-electron chi connectivity index (χ3n) is 3.35. The monoisotopic (exact) mass is 315 g/mol. The predicted molar refractivity (Wildman–Crippen MR) is 72.5 cm³/mol. The molecule has 1 aliphatic heterocycles. The molecule has 0 aromatic carbocycles. The Morgan fingerprint density at radius 1 is 1.52 bits per heavy atom. The lowest BCUT2D eigenvalue weighted by atomic mass is 10.2. The summed E-state index contributed by atoms with van der Waals surface area (Å²) in [7, 11) is -4.24. The van der Waals surface area contributed by atoms with Crippen molar-refractivity contribution >= 4 is 24.7 Å². The molecular formula is C10H14N5O5P. The summed E-state index contributed by atoms with van der Waals surface area (Å²) >= 11 is 0. The highest BCUT2D eigenvalue weighted by Gasteiger charge is 2.37. The molecule has 1 aliphatic rings. The first-order valence-corrected chi connectivity index (χ1v) is 7.94. The Bertz CT molecular complexity index is 780. The number of aromatic nitrogens is 4. The lowest BCUT2D eigenvalue weighted by molar-refractivity contribution is 0.0621. The van der Waals surface area contributed by atoms with E-state index < -0.39 is 19.0 Å². The van der Waals surface area contributed by atoms with E-state index in [1.165, 1.54) is 6.33 Å². The Morgan fingerprint density at radius 3 is 2.95 bits per heavy atom. The van der Waals surface area contributed by atoms with Crippen LogP contribution in [-0.2, 0) is 15.8 Å². The number of aromatic amines is 1. The van der Waals surface area contributed by atoms with Gasteiger partial charge < -0.3 is 24.8 Å². The summed E-state index contributed by atoms with van der Waals surface area (Å²) in [4.78, 5) is 40.2. The van der Waals surface area contributed by atoms with Gasteiger partial charge in [-0.3, -0.25) is 14.3 Å². The number of H-pyrrole nitrogens is 1. The molecule has 114 valence electrons. The normalized spacial score (nSPS) is 23.0. The summed E-state index contributed by atoms with van der Waals surface area (Å²) in [6, 6.07) is 0. The Balaban J connectivity index is 1.84. The lowest BCUT2D eigenvalue weighted by Gasteiger charge is -2.15. The van der Waals surface area contributed by atoms with Crippen LogP contribution in [0.15, 0.2) is 11.1 Å². The third-order valence-corrected chi connectivity index (χ3v) is 4.48. The second-order valence-corrected chi connectivity index (χ2v) is 6.65. The standard InChI is InChI=1S/C10H14N5O5P/c11-10-13-8-7(9(16)14-10)12-4-15(8)3-5-1-2-6(20-5)21(17,18)19/h4-6H,1-3H2,(H2,17,18,19)(H3,11,13,14,16)/t5-,6?/m0/s1. The summed E-state index contributed by atoms with van der Waals surface area (Å²) in [5.41, 5.74) is 5.54. The van der Waals surface area contributed by atoms with Crippen molar-refractivity contribution in [2.45, 2.75) is 31.3 Å². The van der Waals surface area contributed by atoms with Crippen molar-refractivity contribution in [2.75, 3.05) is 5.73 Å². The Morgan fingerprint density at radius 2 is 2.29 bits per heavy atom. The smallest absolute Gasteiger partial charge is 0.354 e. The first-order chi connectivity index (χ1) is 9.84. The maximum Gasteiger partial charge on any atom is 0.354 e. The molecule has 0 spiro atoms. The van der Waals surface area contributed by atoms with E-state index in [0.29, 0.717) is 18.6 Å². The minimum Gasteiger partial charge on any atom is -0.369 e. The van der Waals surface area contributed by atoms with Crippen LogP contribution >= 0.6 is 7.60 Å². The van der Waals surface area contributed by atoms with Crippen LogP contribution in [0.3, 0.4) is 0 Å². The molecule has 1 unspecified atom stereocenters. The van der Waals surface area contributed by atoms with Gasteiger partial charge in [0.1, 0.15) is 0 Å². The number of nitrogens with zero attached hydrogens (tertiary/aromatic N) is 3. The first-order valence-electron chi connectivity index (χ1n) is 6.26. The molecule has 0 amide bonds. The number of ether oxygens (including phenoxy) is 1. The summed E-state index contributed by atoms with van der Waals surface area (Å²) in [6.45, 7) is 0.295. The number of fused-ring (bicyclic) bond motifs is 1. The molecule has 5 N–H and O–H groups in total. The van der Waals surface area contributed by atoms with Gasteiger partial charge >= 0.3 is 7.60 Å². The molecule has 2 atom stereocenters. The molecule has 2 aromatic rings. The van der Waals surface area contributed by atoms with Crippen LogP contribution < -0.4 is 11.3 Å². The lowest BCUT2D eigenvalue weighted by Crippen LogP contribution is -2.18. The van der Waals surface area contributed by atoms with Gasteiger partial charge in [0.15, 0.2) is 17.0 Å². The van der Waals surface area contributed by atoms with Gasteiger partial charge in [-0.25, -0.2) is 4.98 Å². The highest BCUT2D eigenvalue weighted by Crippen LogP contribution is 2.48. The van der Waals surface area contributed by atoms with E-state index in [4.69, 9.17) is 20.3 Å². The summed E-state index contributed by atoms with van der Waals surface area (Å²) < 4.78 is 18.1. The Kier molecular flexibility index (Phi) is 3.33. The Hall–Kier alpha value is -1.74. The SMILES string of the molecule is Nc1nc2c(ncn2C[C@@H]2CCC(P(=O)(O)O)O2)c(=O)[nH]1. The van der Waals surface area contributed by atoms with Gasteiger partial charge in [0, 0.05) is 0 Å². The largest absolute Gasteiger partial charge is 0.369 e. The Labute approximate surface area is 118 Å². The van der Waals surface area contributed by atoms with Crippen LogP contribution in [0.2, 0.25) is 0 Å². The molecule has 0 saturated carbocycles. The molecule has 1 saturated heterocycles. The minimum atomic E-state index is -4.24. The highest BCUT2D eigenvalue weighted by atomic mass is 31.2. The maximum atomic E-state index is 11.6. The fourth-order valence-electron chi connectivity index (χ4n) is 2.39. The quantitative estimate of drug-likeness (QED) is 0.546. The molecule has 3 rings (SSSR count). The number of nitrogens with two attached hydrogens (primary N) is 1. The number of nitrogen functional groups attached to an aromatic ring is 1. The maximum absolute atomic E-state index is 11.6. The van der Waals surface area contributed by atoms with Crippen LogP contribution in [0.1, 0.15) is 12.8 Å². The number of anilines is 1. The predicted octanol–water partition coefficient (Wildman–Crippen LogP) is -0.615. The zero-order valence-corrected chi connectivity index (χ0v) is 11.7. The number of hydrogen-bond donors (Lipinski definition) is 4. The highest BCUT2D eigenvalue weighted by molar-refractivity contribution is 7.52. The summed E-state index contributed by atoms with van der Waals surface area (Å²) in [6.07, 6.45) is 1.86. The van der Waals surface area contributed by atoms with Crippen LogP contribution in [0.4, 0.5) is 5.95 Å². The van der Waals surface area contributed by atoms with Gasteiger partial charge in [0.05, 0.1) is 19.0 Å². The van der Waals surface area contributed by atoms with Crippen molar-refractivity contribution in [2.24, 2.45) is 0 Å². The van der Waals surface area contributed by atoms with E-state index in [1.54, 1.807) is 4.57 Å². The van der Waals surface area contributed by atoms with E-state index in [0.717, 1.165) is 0 Å². The minimum absolute atomic E-state index is 0.0188. The van der Waals surface area contributed by atoms with Crippen molar-refractivity contribution < 1.29 is 19.1 Å². The third kappa shape index (κ3) is 2.70. The van der Waals surface area contributed by atoms with Crippen molar-refractivity contribution in [1.29, 1.82) is 0 Å². The van der Waals surface area contributed by atoms with Gasteiger partial charge in [0.2, 0.25) is 5.95 Å². The molecule has 11 heteroatoms. The average Bonchev–Trinajstić information content (AvgIpc) is 2.97. The van der Waals surface area contributed by atoms with Crippen LogP contribution in [-0.4, -0.2) is 41.3 Å². The molecule has 3 heterocycles. The van der Waals surface area contributed by atoms with Crippen molar-refractivity contribution in [3.8, 4) is 0 Å². The fourth-order valence-corrected chi connectivity index (χ4v) is 3.21. The van der Waals surface area contributed by atoms with Crippen molar-refractivity contribution in [1.82, 2.24) is 19.5 Å². The van der Waals surface area contributed by atoms with E-state index in [2.05, 4.69) is 15.0 Å². The van der Waals surface area contributed by atoms with Gasteiger partial charge in [-0.05, 0) is 12.8 Å². The number of imidazole rings is 1. The van der Waals surface area contributed by atoms with Crippen LogP contribution in [0.5, 0.6) is 0 Å². The fraction of sp³-hybridized carbons (Fsp3) is 0.500. The zero-order valence-electron chi connectivity index (χ0n) is 10.8. The molecule has 0 bridgehead atoms. The molecule has 21 heavy (non-hydrogen) atoms. The summed E-state index contributed by atoms with van der Waals surface area (Å²) in [5.74, 6) is -1.09. The zero-order chi connectivity index (χ0) is 15.2. The second kappa shape index (κ2) is 4.92. The van der Waals surface area contributed by atoms with Crippen molar-refractivity contribution in [3.05, 3.63) is 16.7 Å². The molecule has 10 nitrogen and oxygen atoms in total. The van der Waals surface area contributed by atoms with Gasteiger partial charge in [-0.1, -0.05) is 0 Å². The average molecular weight is 315 g/mol. The van der Waals surface area contributed by atoms with Gasteiger partial charge in [0.25, 0.3) is 5.56 Å². The molecule has 2 aromatic heterocycles. The van der Waals surface area contributed by atoms with Crippen LogP contribution in [0, 0.1) is 0 Å². The second-order valence-electron chi connectivity index (χ2n) is 4.90.